The summed E-state index contributed by atoms with van der Waals surface area (Å²) in [6, 6.07) is 0. The molecular formula is C20H28O5. The van der Waals surface area contributed by atoms with Crippen molar-refractivity contribution in [2.75, 3.05) is 6.61 Å². The van der Waals surface area contributed by atoms with Crippen LogP contribution in [0.3, 0.4) is 0 Å². The molecule has 7 unspecified atom stereocenters. The second kappa shape index (κ2) is 4.63. The number of hydrogen-bond acceptors (Lipinski definition) is 5. The topological polar surface area (TPSA) is 98.0 Å². The van der Waals surface area contributed by atoms with E-state index in [-0.39, 0.29) is 30.6 Å². The maximum atomic E-state index is 13.7. The van der Waals surface area contributed by atoms with Crippen LogP contribution in [-0.2, 0) is 4.79 Å². The first-order chi connectivity index (χ1) is 11.5. The van der Waals surface area contributed by atoms with E-state index in [0.717, 1.165) is 0 Å². The van der Waals surface area contributed by atoms with Gasteiger partial charge in [0, 0.05) is 23.7 Å². The Kier molecular flexibility index (Phi) is 3.23. The van der Waals surface area contributed by atoms with Gasteiger partial charge in [0.15, 0.2) is 5.78 Å². The van der Waals surface area contributed by atoms with E-state index in [1.807, 2.05) is 20.8 Å². The molecule has 4 rings (SSSR count). The van der Waals surface area contributed by atoms with Crippen molar-refractivity contribution in [3.63, 3.8) is 0 Å². The first kappa shape index (κ1) is 17.4. The lowest BCUT2D eigenvalue weighted by Crippen LogP contribution is -2.59. The van der Waals surface area contributed by atoms with Crippen molar-refractivity contribution in [3.05, 3.63) is 23.3 Å². The molecule has 5 nitrogen and oxygen atoms in total. The van der Waals surface area contributed by atoms with E-state index in [9.17, 15) is 25.2 Å². The minimum atomic E-state index is -1.67. The van der Waals surface area contributed by atoms with E-state index < -0.39 is 34.1 Å². The zero-order chi connectivity index (χ0) is 18.6. The normalized spacial score (nSPS) is 53.2. The third-order valence-corrected chi connectivity index (χ3v) is 7.96. The molecule has 0 heterocycles. The Balaban J connectivity index is 1.98. The summed E-state index contributed by atoms with van der Waals surface area (Å²) < 4.78 is 0. The molecule has 0 aromatic rings. The van der Waals surface area contributed by atoms with Crippen LogP contribution in [0.2, 0.25) is 0 Å². The van der Waals surface area contributed by atoms with Crippen molar-refractivity contribution in [1.82, 2.24) is 0 Å². The predicted molar refractivity (Wildman–Crippen MR) is 91.4 cm³/mol. The van der Waals surface area contributed by atoms with Crippen molar-refractivity contribution >= 4 is 5.78 Å². The lowest BCUT2D eigenvalue weighted by Gasteiger charge is -2.46. The third kappa shape index (κ3) is 1.67. The number of hydrogen-bond donors (Lipinski definition) is 4. The quantitative estimate of drug-likeness (QED) is 0.529. The van der Waals surface area contributed by atoms with Crippen LogP contribution in [0.15, 0.2) is 23.3 Å². The number of fused-ring (bicyclic) bond motifs is 3. The van der Waals surface area contributed by atoms with Crippen LogP contribution in [0.25, 0.3) is 0 Å². The SMILES string of the molecule is CC1=CC23C(=O)C(C=C(CO)CC2(O)C1O)C1C(C)(C)C1(O)CC3C. The van der Waals surface area contributed by atoms with Crippen LogP contribution in [-0.4, -0.2) is 50.1 Å². The summed E-state index contributed by atoms with van der Waals surface area (Å²) in [5.41, 5.74) is -3.12. The molecule has 0 radical (unpaired) electrons. The maximum Gasteiger partial charge on any atom is 0.153 e. The standard InChI is InChI=1S/C20H28O5/c1-10-6-18-11(2)7-19(24)14(17(19,3)4)13(16(18)23)5-12(9-21)8-20(18,25)15(10)22/h5-6,11,13-15,21-22,24-25H,7-9H2,1-4H3. The van der Waals surface area contributed by atoms with Gasteiger partial charge in [0.25, 0.3) is 0 Å². The second-order valence-electron chi connectivity index (χ2n) is 9.36. The van der Waals surface area contributed by atoms with Crippen molar-refractivity contribution in [1.29, 1.82) is 0 Å². The summed E-state index contributed by atoms with van der Waals surface area (Å²) in [6.07, 6.45) is 2.82. The highest BCUT2D eigenvalue weighted by Gasteiger charge is 2.79. The van der Waals surface area contributed by atoms with Crippen LogP contribution < -0.4 is 0 Å². The lowest BCUT2D eigenvalue weighted by atomic mass is 9.59. The van der Waals surface area contributed by atoms with Gasteiger partial charge in [0.1, 0.15) is 11.7 Å². The highest BCUT2D eigenvalue weighted by atomic mass is 16.3. The van der Waals surface area contributed by atoms with Crippen LogP contribution in [0, 0.1) is 28.6 Å². The molecule has 25 heavy (non-hydrogen) atoms. The zero-order valence-electron chi connectivity index (χ0n) is 15.3. The molecule has 2 bridgehead atoms. The molecule has 0 saturated heterocycles. The number of rotatable bonds is 1. The summed E-state index contributed by atoms with van der Waals surface area (Å²) in [7, 11) is 0. The maximum absolute atomic E-state index is 13.7. The summed E-state index contributed by atoms with van der Waals surface area (Å²) in [6.45, 7) is 7.30. The molecule has 2 saturated carbocycles. The van der Waals surface area contributed by atoms with Gasteiger partial charge in [-0.2, -0.15) is 0 Å². The molecule has 4 aliphatic carbocycles. The highest BCUT2D eigenvalue weighted by molar-refractivity contribution is 5.95. The fraction of sp³-hybridized carbons (Fsp3) is 0.750. The van der Waals surface area contributed by atoms with Crippen LogP contribution in [0.1, 0.15) is 40.5 Å². The largest absolute Gasteiger partial charge is 0.392 e. The second-order valence-corrected chi connectivity index (χ2v) is 9.36. The molecule has 0 aliphatic heterocycles. The van der Waals surface area contributed by atoms with Gasteiger partial charge in [0.05, 0.1) is 17.6 Å². The Bertz CT molecular complexity index is 722. The average Bonchev–Trinajstić information content (AvgIpc) is 2.93. The summed E-state index contributed by atoms with van der Waals surface area (Å²) >= 11 is 0. The van der Waals surface area contributed by atoms with E-state index in [1.165, 1.54) is 0 Å². The summed E-state index contributed by atoms with van der Waals surface area (Å²) in [5.74, 6) is -1.24. The minimum Gasteiger partial charge on any atom is -0.392 e. The first-order valence-electron chi connectivity index (χ1n) is 9.14. The average molecular weight is 348 g/mol. The van der Waals surface area contributed by atoms with Crippen LogP contribution in [0.5, 0.6) is 0 Å². The van der Waals surface area contributed by atoms with E-state index in [4.69, 9.17) is 0 Å². The highest BCUT2D eigenvalue weighted by Crippen LogP contribution is 2.73. The third-order valence-electron chi connectivity index (χ3n) is 7.96. The molecule has 4 N–H and O–H groups in total. The number of carbonyl (C=O) groups excluding carboxylic acids is 1. The minimum absolute atomic E-state index is 0.0661. The summed E-state index contributed by atoms with van der Waals surface area (Å²) in [4.78, 5) is 13.7. The molecule has 0 amide bonds. The fourth-order valence-corrected chi connectivity index (χ4v) is 6.51. The molecule has 7 atom stereocenters. The number of allylic oxidation sites excluding steroid dienone is 1. The first-order valence-corrected chi connectivity index (χ1v) is 9.14. The van der Waals surface area contributed by atoms with Gasteiger partial charge in [-0.3, -0.25) is 4.79 Å². The Labute approximate surface area is 148 Å². The van der Waals surface area contributed by atoms with E-state index in [2.05, 4.69) is 0 Å². The van der Waals surface area contributed by atoms with E-state index in [1.54, 1.807) is 19.1 Å². The number of aliphatic hydroxyl groups excluding tert-OH is 2. The van der Waals surface area contributed by atoms with Crippen LogP contribution >= 0.6 is 0 Å². The molecule has 0 aromatic carbocycles. The Morgan fingerprint density at radius 1 is 1.24 bits per heavy atom. The molecule has 138 valence electrons. The molecule has 0 aromatic heterocycles. The lowest BCUT2D eigenvalue weighted by molar-refractivity contribution is -0.163. The van der Waals surface area contributed by atoms with Gasteiger partial charge < -0.3 is 20.4 Å². The number of ketones is 1. The van der Waals surface area contributed by atoms with Gasteiger partial charge in [-0.1, -0.05) is 32.9 Å². The number of carbonyl (C=O) groups is 1. The molecule has 1 spiro atoms. The summed E-state index contributed by atoms with van der Waals surface area (Å²) in [5, 5.41) is 43.3. The molecule has 5 heteroatoms. The van der Waals surface area contributed by atoms with Crippen molar-refractivity contribution < 1.29 is 25.2 Å². The van der Waals surface area contributed by atoms with Crippen molar-refractivity contribution in [3.8, 4) is 0 Å². The Morgan fingerprint density at radius 2 is 1.88 bits per heavy atom. The zero-order valence-corrected chi connectivity index (χ0v) is 15.3. The van der Waals surface area contributed by atoms with Gasteiger partial charge >= 0.3 is 0 Å². The van der Waals surface area contributed by atoms with Crippen molar-refractivity contribution in [2.24, 2.45) is 28.6 Å². The van der Waals surface area contributed by atoms with Gasteiger partial charge in [0.2, 0.25) is 0 Å². The fourth-order valence-electron chi connectivity index (χ4n) is 6.51. The number of Topliss-reactive ketones (excluding diaryl/α,β-unsaturated/α-hetero) is 1. The van der Waals surface area contributed by atoms with E-state index in [0.29, 0.717) is 17.6 Å². The monoisotopic (exact) mass is 348 g/mol. The van der Waals surface area contributed by atoms with Gasteiger partial charge in [-0.15, -0.1) is 0 Å². The number of aliphatic hydroxyl groups is 4. The Hall–Kier alpha value is -1.01. The van der Waals surface area contributed by atoms with Gasteiger partial charge in [-0.25, -0.2) is 0 Å². The van der Waals surface area contributed by atoms with E-state index >= 15 is 0 Å². The predicted octanol–water partition coefficient (Wildman–Crippen LogP) is 0.959. The molecule has 2 fully saturated rings. The molecular weight excluding hydrogens is 320 g/mol. The van der Waals surface area contributed by atoms with Crippen LogP contribution in [0.4, 0.5) is 0 Å². The smallest absolute Gasteiger partial charge is 0.153 e. The Morgan fingerprint density at radius 3 is 2.48 bits per heavy atom. The van der Waals surface area contributed by atoms with Crippen molar-refractivity contribution in [2.45, 2.75) is 57.8 Å². The van der Waals surface area contributed by atoms with Gasteiger partial charge in [-0.05, 0) is 30.4 Å². The molecule has 4 aliphatic rings.